The van der Waals surface area contributed by atoms with Gasteiger partial charge in [-0.2, -0.15) is 0 Å². The lowest BCUT2D eigenvalue weighted by molar-refractivity contribution is -0.115. The number of benzene rings is 3. The van der Waals surface area contributed by atoms with Gasteiger partial charge in [0, 0.05) is 14.8 Å². The van der Waals surface area contributed by atoms with Crippen molar-refractivity contribution in [1.29, 1.82) is 0 Å². The minimum Gasteiger partial charge on any atom is -0.462 e. The Hall–Kier alpha value is -3.36. The van der Waals surface area contributed by atoms with Crippen LogP contribution >= 0.6 is 23.4 Å². The highest BCUT2D eigenvalue weighted by atomic mass is 35.5. The number of hydrogen-bond donors (Lipinski definition) is 1. The van der Waals surface area contributed by atoms with Crippen LogP contribution in [-0.2, 0) is 9.53 Å². The molecule has 9 heteroatoms. The van der Waals surface area contributed by atoms with Gasteiger partial charge >= 0.3 is 5.97 Å². The summed E-state index contributed by atoms with van der Waals surface area (Å²) < 4.78 is 19.2. The Labute approximate surface area is 198 Å². The third-order valence-corrected chi connectivity index (χ3v) is 6.23. The summed E-state index contributed by atoms with van der Waals surface area (Å²) in [5.74, 6) is -2.25. The summed E-state index contributed by atoms with van der Waals surface area (Å²) in [6, 6.07) is 15.8. The molecule has 2 amide bonds. The van der Waals surface area contributed by atoms with Crippen molar-refractivity contribution >= 4 is 52.5 Å². The fourth-order valence-corrected chi connectivity index (χ4v) is 4.56. The standard InChI is InChI=1S/C24H18ClFN2O4S/c1-2-32-24(31)14-7-10-21-19(11-14)28(23(30)16-5-3-4-6-20(16)33-21)13-22(29)27-18-9-8-15(25)12-17(18)26/h3-12H,2,13H2,1H3,(H,27,29). The Morgan fingerprint density at radius 3 is 2.64 bits per heavy atom. The monoisotopic (exact) mass is 484 g/mol. The summed E-state index contributed by atoms with van der Waals surface area (Å²) in [6.45, 7) is 1.51. The molecule has 0 atom stereocenters. The third kappa shape index (κ3) is 4.86. The molecular weight excluding hydrogens is 467 g/mol. The Kier molecular flexibility index (Phi) is 6.67. The lowest BCUT2D eigenvalue weighted by Crippen LogP contribution is -2.38. The summed E-state index contributed by atoms with van der Waals surface area (Å²) in [7, 11) is 0. The third-order valence-electron chi connectivity index (χ3n) is 4.85. The molecule has 1 heterocycles. The number of rotatable bonds is 5. The van der Waals surface area contributed by atoms with Crippen LogP contribution in [0.3, 0.4) is 0 Å². The van der Waals surface area contributed by atoms with Gasteiger partial charge in [0.2, 0.25) is 5.91 Å². The van der Waals surface area contributed by atoms with Crippen molar-refractivity contribution in [3.63, 3.8) is 0 Å². The van der Waals surface area contributed by atoms with Crippen LogP contribution < -0.4 is 10.2 Å². The zero-order valence-corrected chi connectivity index (χ0v) is 19.0. The van der Waals surface area contributed by atoms with E-state index in [4.69, 9.17) is 16.3 Å². The minimum atomic E-state index is -0.691. The smallest absolute Gasteiger partial charge is 0.338 e. The van der Waals surface area contributed by atoms with Gasteiger partial charge in [0.1, 0.15) is 12.4 Å². The van der Waals surface area contributed by atoms with Gasteiger partial charge in [-0.05, 0) is 55.5 Å². The molecule has 0 spiro atoms. The number of amides is 2. The minimum absolute atomic E-state index is 0.0538. The van der Waals surface area contributed by atoms with E-state index in [1.165, 1.54) is 34.9 Å². The number of esters is 1. The van der Waals surface area contributed by atoms with Gasteiger partial charge < -0.3 is 10.1 Å². The van der Waals surface area contributed by atoms with Crippen molar-refractivity contribution in [1.82, 2.24) is 0 Å². The van der Waals surface area contributed by atoms with Gasteiger partial charge in [-0.15, -0.1) is 0 Å². The van der Waals surface area contributed by atoms with E-state index in [0.29, 0.717) is 16.1 Å². The molecule has 4 rings (SSSR count). The molecule has 0 bridgehead atoms. The van der Waals surface area contributed by atoms with Crippen LogP contribution in [0.5, 0.6) is 0 Å². The van der Waals surface area contributed by atoms with Gasteiger partial charge in [-0.1, -0.05) is 35.5 Å². The fourth-order valence-electron chi connectivity index (χ4n) is 3.34. The van der Waals surface area contributed by atoms with E-state index >= 15 is 0 Å². The van der Waals surface area contributed by atoms with E-state index in [2.05, 4.69) is 5.32 Å². The zero-order chi connectivity index (χ0) is 23.5. The first-order chi connectivity index (χ1) is 15.9. The summed E-state index contributed by atoms with van der Waals surface area (Å²) in [5.41, 5.74) is 1.01. The molecule has 0 radical (unpaired) electrons. The largest absolute Gasteiger partial charge is 0.462 e. The van der Waals surface area contributed by atoms with Crippen molar-refractivity contribution in [3.05, 3.63) is 82.6 Å². The molecule has 0 saturated heterocycles. The number of nitrogens with zero attached hydrogens (tertiary/aromatic N) is 1. The van der Waals surface area contributed by atoms with Crippen molar-refractivity contribution in [2.45, 2.75) is 16.7 Å². The number of ether oxygens (including phenoxy) is 1. The van der Waals surface area contributed by atoms with Crippen molar-refractivity contribution in [2.24, 2.45) is 0 Å². The lowest BCUT2D eigenvalue weighted by Gasteiger charge is -2.23. The van der Waals surface area contributed by atoms with Gasteiger partial charge in [0.15, 0.2) is 0 Å². The highest BCUT2D eigenvalue weighted by Gasteiger charge is 2.30. The maximum atomic E-state index is 14.1. The van der Waals surface area contributed by atoms with Crippen molar-refractivity contribution < 1.29 is 23.5 Å². The number of carbonyl (C=O) groups excluding carboxylic acids is 3. The van der Waals surface area contributed by atoms with Gasteiger partial charge in [0.05, 0.1) is 29.1 Å². The number of halogens is 2. The average molecular weight is 485 g/mol. The van der Waals surface area contributed by atoms with E-state index in [-0.39, 0.29) is 22.9 Å². The van der Waals surface area contributed by atoms with Crippen LogP contribution in [0.1, 0.15) is 27.6 Å². The number of hydrogen-bond acceptors (Lipinski definition) is 5. The van der Waals surface area contributed by atoms with Crippen LogP contribution in [0.4, 0.5) is 15.8 Å². The fraction of sp³-hybridized carbons (Fsp3) is 0.125. The van der Waals surface area contributed by atoms with E-state index in [9.17, 15) is 18.8 Å². The molecule has 0 aliphatic carbocycles. The molecule has 1 N–H and O–H groups in total. The zero-order valence-electron chi connectivity index (χ0n) is 17.4. The lowest BCUT2D eigenvalue weighted by atomic mass is 10.1. The average Bonchev–Trinajstić information content (AvgIpc) is 2.90. The van der Waals surface area contributed by atoms with Crippen LogP contribution in [0, 0.1) is 5.82 Å². The molecule has 0 fully saturated rings. The SMILES string of the molecule is CCOC(=O)c1ccc2c(c1)N(CC(=O)Nc1ccc(Cl)cc1F)C(=O)c1ccccc1S2. The molecule has 3 aromatic carbocycles. The predicted octanol–water partition coefficient (Wildman–Crippen LogP) is 5.41. The molecule has 1 aliphatic rings. The van der Waals surface area contributed by atoms with Gasteiger partial charge in [-0.3, -0.25) is 14.5 Å². The quantitative estimate of drug-likeness (QED) is 0.490. The first-order valence-electron chi connectivity index (χ1n) is 10.0. The molecule has 0 saturated carbocycles. The highest BCUT2D eigenvalue weighted by Crippen LogP contribution is 2.41. The van der Waals surface area contributed by atoms with Crippen molar-refractivity contribution in [3.8, 4) is 0 Å². The topological polar surface area (TPSA) is 75.7 Å². The number of carbonyl (C=O) groups is 3. The second-order valence-electron chi connectivity index (χ2n) is 7.06. The second kappa shape index (κ2) is 9.64. The van der Waals surface area contributed by atoms with E-state index in [1.807, 2.05) is 12.1 Å². The Balaban J connectivity index is 1.71. The normalized spacial score (nSPS) is 12.5. The maximum absolute atomic E-state index is 14.1. The van der Waals surface area contributed by atoms with Gasteiger partial charge in [0.25, 0.3) is 5.91 Å². The Morgan fingerprint density at radius 1 is 1.09 bits per heavy atom. The predicted molar refractivity (Wildman–Crippen MR) is 125 cm³/mol. The molecule has 6 nitrogen and oxygen atoms in total. The molecule has 1 aliphatic heterocycles. The van der Waals surface area contributed by atoms with Gasteiger partial charge in [-0.25, -0.2) is 9.18 Å². The first-order valence-corrected chi connectivity index (χ1v) is 11.2. The number of fused-ring (bicyclic) bond motifs is 2. The van der Waals surface area contributed by atoms with Crippen LogP contribution in [0.25, 0.3) is 0 Å². The maximum Gasteiger partial charge on any atom is 0.338 e. The van der Waals surface area contributed by atoms with Crippen LogP contribution in [-0.4, -0.2) is 30.9 Å². The molecule has 168 valence electrons. The summed E-state index contributed by atoms with van der Waals surface area (Å²) >= 11 is 7.13. The molecular formula is C24H18ClFN2O4S. The summed E-state index contributed by atoms with van der Waals surface area (Å²) in [5, 5.41) is 2.67. The van der Waals surface area contributed by atoms with Crippen LogP contribution in [0.2, 0.25) is 5.02 Å². The number of anilines is 2. The van der Waals surface area contributed by atoms with E-state index in [0.717, 1.165) is 11.0 Å². The van der Waals surface area contributed by atoms with E-state index < -0.39 is 30.1 Å². The molecule has 0 aromatic heterocycles. The van der Waals surface area contributed by atoms with E-state index in [1.54, 1.807) is 31.2 Å². The van der Waals surface area contributed by atoms with Crippen molar-refractivity contribution in [2.75, 3.05) is 23.4 Å². The summed E-state index contributed by atoms with van der Waals surface area (Å²) in [4.78, 5) is 41.2. The molecule has 0 unspecified atom stereocenters. The number of nitrogens with one attached hydrogen (secondary N) is 1. The Morgan fingerprint density at radius 2 is 1.88 bits per heavy atom. The first kappa shape index (κ1) is 22.8. The Bertz CT molecular complexity index is 1270. The second-order valence-corrected chi connectivity index (χ2v) is 8.59. The van der Waals surface area contributed by atoms with Crippen LogP contribution in [0.15, 0.2) is 70.5 Å². The highest BCUT2D eigenvalue weighted by molar-refractivity contribution is 7.99. The molecule has 33 heavy (non-hydrogen) atoms. The summed E-state index contributed by atoms with van der Waals surface area (Å²) in [6.07, 6.45) is 0. The molecule has 3 aromatic rings.